The van der Waals surface area contributed by atoms with Crippen LogP contribution in [0.4, 0.5) is 0 Å². The van der Waals surface area contributed by atoms with E-state index in [2.05, 4.69) is 24.2 Å². The highest BCUT2D eigenvalue weighted by molar-refractivity contribution is 5.92. The van der Waals surface area contributed by atoms with Gasteiger partial charge in [0.2, 0.25) is 5.91 Å². The summed E-state index contributed by atoms with van der Waals surface area (Å²) < 4.78 is 11.3. The number of amides is 2. The molecule has 184 valence electrons. The quantitative estimate of drug-likeness (QED) is 0.664. The van der Waals surface area contributed by atoms with Crippen molar-refractivity contribution in [3.05, 3.63) is 47.3 Å². The zero-order valence-electron chi connectivity index (χ0n) is 20.6. The van der Waals surface area contributed by atoms with Crippen LogP contribution >= 0.6 is 0 Å². The molecule has 3 heterocycles. The van der Waals surface area contributed by atoms with Crippen molar-refractivity contribution < 1.29 is 18.8 Å². The van der Waals surface area contributed by atoms with Crippen LogP contribution < -0.4 is 4.74 Å². The molecule has 1 aromatic carbocycles. The molecule has 7 nitrogen and oxygen atoms in total. The van der Waals surface area contributed by atoms with Crippen LogP contribution in [-0.2, 0) is 17.6 Å². The van der Waals surface area contributed by atoms with Gasteiger partial charge in [0.05, 0.1) is 12.0 Å². The first kappa shape index (κ1) is 24.3. The van der Waals surface area contributed by atoms with Gasteiger partial charge in [0.15, 0.2) is 5.69 Å². The number of aromatic nitrogens is 1. The van der Waals surface area contributed by atoms with Crippen LogP contribution in [0.2, 0.25) is 0 Å². The predicted molar refractivity (Wildman–Crippen MR) is 130 cm³/mol. The van der Waals surface area contributed by atoms with Crippen molar-refractivity contribution >= 4 is 11.8 Å². The van der Waals surface area contributed by atoms with E-state index >= 15 is 0 Å². The summed E-state index contributed by atoms with van der Waals surface area (Å²) in [7, 11) is 1.88. The van der Waals surface area contributed by atoms with E-state index in [9.17, 15) is 9.59 Å². The Morgan fingerprint density at radius 1 is 1.09 bits per heavy atom. The Morgan fingerprint density at radius 3 is 2.68 bits per heavy atom. The first-order valence-corrected chi connectivity index (χ1v) is 12.7. The molecular weight excluding hydrogens is 430 g/mol. The number of hydrogen-bond donors (Lipinski definition) is 0. The summed E-state index contributed by atoms with van der Waals surface area (Å²) in [5.74, 6) is 1.76. The largest absolute Gasteiger partial charge is 0.491 e. The van der Waals surface area contributed by atoms with Crippen LogP contribution in [0.1, 0.15) is 73.7 Å². The van der Waals surface area contributed by atoms with Gasteiger partial charge in [-0.05, 0) is 50.2 Å². The van der Waals surface area contributed by atoms with Gasteiger partial charge in [-0.15, -0.1) is 0 Å². The van der Waals surface area contributed by atoms with E-state index in [0.29, 0.717) is 44.8 Å². The second-order valence-electron chi connectivity index (χ2n) is 9.74. The maximum absolute atomic E-state index is 13.6. The summed E-state index contributed by atoms with van der Waals surface area (Å²) in [6.07, 6.45) is 8.12. The zero-order valence-corrected chi connectivity index (χ0v) is 20.6. The van der Waals surface area contributed by atoms with E-state index in [1.54, 1.807) is 6.07 Å². The van der Waals surface area contributed by atoms with Gasteiger partial charge in [-0.25, -0.2) is 0 Å². The van der Waals surface area contributed by atoms with Crippen LogP contribution in [0.25, 0.3) is 0 Å². The molecule has 1 spiro atoms. The summed E-state index contributed by atoms with van der Waals surface area (Å²) >= 11 is 0. The number of likely N-dealkylation sites (tertiary alicyclic amines) is 1. The van der Waals surface area contributed by atoms with Gasteiger partial charge in [-0.3, -0.25) is 9.59 Å². The number of nitrogens with zero attached hydrogens (tertiary/aromatic N) is 3. The molecule has 1 aromatic heterocycles. The molecule has 0 unspecified atom stereocenters. The number of benzene rings is 1. The number of likely N-dealkylation sites (N-methyl/N-ethyl adjacent to an activating group) is 1. The van der Waals surface area contributed by atoms with Gasteiger partial charge >= 0.3 is 0 Å². The summed E-state index contributed by atoms with van der Waals surface area (Å²) in [4.78, 5) is 30.3. The Hall–Kier alpha value is -2.83. The number of rotatable bonds is 3. The Bertz CT molecular complexity index is 978. The Morgan fingerprint density at radius 2 is 1.88 bits per heavy atom. The molecule has 34 heavy (non-hydrogen) atoms. The molecule has 0 saturated carbocycles. The standard InChI is InChI=1S/C27H37N3O4/c1-3-9-22-20-23(28-34-22)25(31)30-16-14-27(15-17-30)13-8-4-5-10-21-11-6-7-12-24(21)33-19-18-29(2)26(27)32/h6-7,11-12,20H,3-5,8-10,13-19H2,1-2H3. The predicted octanol–water partition coefficient (Wildman–Crippen LogP) is 4.50. The molecular formula is C27H37N3O4. The fraction of sp³-hybridized carbons (Fsp3) is 0.593. The molecule has 2 amide bonds. The molecule has 7 heteroatoms. The molecule has 0 radical (unpaired) electrons. The van der Waals surface area contributed by atoms with E-state index in [-0.39, 0.29) is 11.8 Å². The number of para-hydroxylation sites is 1. The second-order valence-corrected chi connectivity index (χ2v) is 9.74. The number of carbonyl (C=O) groups is 2. The minimum atomic E-state index is -0.413. The average Bonchev–Trinajstić information content (AvgIpc) is 3.32. The minimum absolute atomic E-state index is 0.0995. The van der Waals surface area contributed by atoms with Gasteiger partial charge < -0.3 is 19.1 Å². The highest BCUT2D eigenvalue weighted by Crippen LogP contribution is 2.39. The lowest BCUT2D eigenvalue weighted by atomic mass is 9.73. The van der Waals surface area contributed by atoms with Crippen molar-refractivity contribution in [2.24, 2.45) is 5.41 Å². The normalized spacial score (nSPS) is 19.5. The minimum Gasteiger partial charge on any atom is -0.491 e. The fourth-order valence-corrected chi connectivity index (χ4v) is 5.25. The highest BCUT2D eigenvalue weighted by atomic mass is 16.5. The van der Waals surface area contributed by atoms with E-state index in [1.807, 2.05) is 29.0 Å². The number of hydrogen-bond acceptors (Lipinski definition) is 5. The Labute approximate surface area is 202 Å². The van der Waals surface area contributed by atoms with Crippen molar-refractivity contribution in [1.82, 2.24) is 15.0 Å². The molecule has 2 aromatic rings. The number of carbonyl (C=O) groups excluding carboxylic acids is 2. The number of fused-ring (bicyclic) bond motifs is 1. The molecule has 0 bridgehead atoms. The van der Waals surface area contributed by atoms with Crippen molar-refractivity contribution in [1.29, 1.82) is 0 Å². The van der Waals surface area contributed by atoms with Crippen LogP contribution in [0, 0.1) is 5.41 Å². The van der Waals surface area contributed by atoms with E-state index in [1.165, 1.54) is 5.56 Å². The average molecular weight is 468 g/mol. The summed E-state index contributed by atoms with van der Waals surface area (Å²) in [5, 5.41) is 3.98. The Kier molecular flexibility index (Phi) is 7.91. The topological polar surface area (TPSA) is 75.9 Å². The van der Waals surface area contributed by atoms with Gasteiger partial charge in [0.1, 0.15) is 18.1 Å². The molecule has 2 aliphatic heterocycles. The number of piperidine rings is 1. The summed E-state index contributed by atoms with van der Waals surface area (Å²) in [6.45, 7) is 4.23. The lowest BCUT2D eigenvalue weighted by Gasteiger charge is -2.42. The molecule has 1 fully saturated rings. The molecule has 0 aliphatic carbocycles. The molecule has 2 aliphatic rings. The van der Waals surface area contributed by atoms with Crippen LogP contribution in [0.5, 0.6) is 5.75 Å². The first-order chi connectivity index (χ1) is 16.5. The van der Waals surface area contributed by atoms with Crippen LogP contribution in [-0.4, -0.2) is 60.1 Å². The van der Waals surface area contributed by atoms with Crippen molar-refractivity contribution in [2.75, 3.05) is 33.3 Å². The van der Waals surface area contributed by atoms with Gasteiger partial charge in [-0.2, -0.15) is 0 Å². The monoisotopic (exact) mass is 467 g/mol. The van der Waals surface area contributed by atoms with E-state index in [4.69, 9.17) is 9.26 Å². The van der Waals surface area contributed by atoms with Gasteiger partial charge in [0.25, 0.3) is 5.91 Å². The highest BCUT2D eigenvalue weighted by Gasteiger charge is 2.43. The van der Waals surface area contributed by atoms with E-state index in [0.717, 1.165) is 56.5 Å². The zero-order chi connectivity index (χ0) is 24.0. The summed E-state index contributed by atoms with van der Waals surface area (Å²) in [5.41, 5.74) is 1.20. The third-order valence-electron chi connectivity index (χ3n) is 7.34. The first-order valence-electron chi connectivity index (χ1n) is 12.7. The van der Waals surface area contributed by atoms with Crippen molar-refractivity contribution in [2.45, 2.75) is 64.7 Å². The molecule has 1 saturated heterocycles. The fourth-order valence-electron chi connectivity index (χ4n) is 5.25. The van der Waals surface area contributed by atoms with Gasteiger partial charge in [0, 0.05) is 32.6 Å². The smallest absolute Gasteiger partial charge is 0.276 e. The number of ether oxygens (including phenoxy) is 1. The Balaban J connectivity index is 1.42. The lowest BCUT2D eigenvalue weighted by Crippen LogP contribution is -2.51. The maximum Gasteiger partial charge on any atom is 0.276 e. The van der Waals surface area contributed by atoms with Crippen LogP contribution in [0.3, 0.4) is 0 Å². The van der Waals surface area contributed by atoms with Crippen LogP contribution in [0.15, 0.2) is 34.9 Å². The third-order valence-corrected chi connectivity index (χ3v) is 7.34. The van der Waals surface area contributed by atoms with Crippen molar-refractivity contribution in [3.8, 4) is 5.75 Å². The number of aryl methyl sites for hydroxylation is 2. The maximum atomic E-state index is 13.6. The SMILES string of the molecule is CCCc1cc(C(=O)N2CCC3(CCCCCc4ccccc4OCCN(C)C3=O)CC2)no1. The van der Waals surface area contributed by atoms with Crippen molar-refractivity contribution in [3.63, 3.8) is 0 Å². The summed E-state index contributed by atoms with van der Waals surface area (Å²) in [6, 6.07) is 9.97. The molecule has 0 atom stereocenters. The van der Waals surface area contributed by atoms with E-state index < -0.39 is 5.41 Å². The van der Waals surface area contributed by atoms with Gasteiger partial charge in [-0.1, -0.05) is 43.1 Å². The molecule has 0 N–H and O–H groups in total. The second kappa shape index (κ2) is 11.1. The molecule has 4 rings (SSSR count). The lowest BCUT2D eigenvalue weighted by molar-refractivity contribution is -0.144. The third kappa shape index (κ3) is 5.45.